The first-order valence-electron chi connectivity index (χ1n) is 6.52. The first-order chi connectivity index (χ1) is 9.76. The van der Waals surface area contributed by atoms with E-state index in [-0.39, 0.29) is 6.61 Å². The summed E-state index contributed by atoms with van der Waals surface area (Å²) in [6.07, 6.45) is 0.741. The van der Waals surface area contributed by atoms with Crippen molar-refractivity contribution >= 4 is 0 Å². The molecule has 0 spiro atoms. The van der Waals surface area contributed by atoms with Crippen molar-refractivity contribution in [3.05, 3.63) is 35.5 Å². The highest BCUT2D eigenvalue weighted by Crippen LogP contribution is 2.28. The molecule has 0 fully saturated rings. The van der Waals surface area contributed by atoms with Gasteiger partial charge in [-0.25, -0.2) is 0 Å². The van der Waals surface area contributed by atoms with E-state index in [1.807, 2.05) is 32.2 Å². The number of ether oxygens (including phenoxy) is 2. The molecule has 0 saturated heterocycles. The molecular weight excluding hydrogens is 258 g/mol. The number of methoxy groups -OCH3 is 1. The summed E-state index contributed by atoms with van der Waals surface area (Å²) in [4.78, 5) is 4.20. The number of aryl methyl sites for hydroxylation is 1. The van der Waals surface area contributed by atoms with Crippen LogP contribution in [0.4, 0.5) is 0 Å². The van der Waals surface area contributed by atoms with E-state index in [9.17, 15) is 0 Å². The van der Waals surface area contributed by atoms with Gasteiger partial charge in [0.2, 0.25) is 0 Å². The molecule has 0 atom stereocenters. The van der Waals surface area contributed by atoms with Crippen molar-refractivity contribution in [3.8, 4) is 11.5 Å². The fraction of sp³-hybridized carbons (Fsp3) is 0.429. The zero-order valence-electron chi connectivity index (χ0n) is 12.0. The van der Waals surface area contributed by atoms with Gasteiger partial charge in [-0.3, -0.25) is 0 Å². The fourth-order valence-electron chi connectivity index (χ4n) is 1.78. The van der Waals surface area contributed by atoms with Gasteiger partial charge in [-0.2, -0.15) is 4.98 Å². The molecule has 0 aliphatic carbocycles. The number of nitrogens with zero attached hydrogens (tertiary/aromatic N) is 2. The van der Waals surface area contributed by atoms with Gasteiger partial charge in [0.05, 0.1) is 7.11 Å². The van der Waals surface area contributed by atoms with Crippen LogP contribution < -0.4 is 14.8 Å². The van der Waals surface area contributed by atoms with Crippen molar-refractivity contribution in [1.82, 2.24) is 15.5 Å². The molecule has 0 unspecified atom stereocenters. The molecule has 1 heterocycles. The van der Waals surface area contributed by atoms with Crippen molar-refractivity contribution in [2.45, 2.75) is 26.5 Å². The summed E-state index contributed by atoms with van der Waals surface area (Å²) in [6, 6.07) is 5.81. The summed E-state index contributed by atoms with van der Waals surface area (Å²) in [7, 11) is 3.51. The van der Waals surface area contributed by atoms with Gasteiger partial charge in [0.1, 0.15) is 0 Å². The smallest absolute Gasteiger partial charge is 0.264 e. The molecule has 0 amide bonds. The maximum absolute atomic E-state index is 5.71. The van der Waals surface area contributed by atoms with Crippen LogP contribution in [-0.4, -0.2) is 24.3 Å². The van der Waals surface area contributed by atoms with Crippen LogP contribution >= 0.6 is 0 Å². The third-order valence-corrected chi connectivity index (χ3v) is 2.79. The Kier molecular flexibility index (Phi) is 4.95. The number of nitrogens with one attached hydrogen (secondary N) is 1. The molecule has 6 heteroatoms. The number of hydrogen-bond donors (Lipinski definition) is 1. The molecule has 1 N–H and O–H groups in total. The van der Waals surface area contributed by atoms with E-state index in [1.165, 1.54) is 0 Å². The average Bonchev–Trinajstić information content (AvgIpc) is 2.93. The Labute approximate surface area is 118 Å². The minimum atomic E-state index is 0.229. The Morgan fingerprint density at radius 1 is 1.30 bits per heavy atom. The van der Waals surface area contributed by atoms with Crippen LogP contribution in [0, 0.1) is 0 Å². The lowest BCUT2D eigenvalue weighted by Gasteiger charge is -2.11. The normalized spacial score (nSPS) is 10.6. The second kappa shape index (κ2) is 6.91. The van der Waals surface area contributed by atoms with Gasteiger partial charge in [0, 0.05) is 13.0 Å². The number of rotatable bonds is 7. The van der Waals surface area contributed by atoms with Gasteiger partial charge in [-0.15, -0.1) is 0 Å². The SMILES string of the molecule is CCc1noc(COc2cc(CNC)ccc2OC)n1. The average molecular weight is 277 g/mol. The van der Waals surface area contributed by atoms with Crippen LogP contribution in [0.3, 0.4) is 0 Å². The molecule has 108 valence electrons. The monoisotopic (exact) mass is 277 g/mol. The molecule has 0 bridgehead atoms. The number of benzene rings is 1. The van der Waals surface area contributed by atoms with E-state index in [2.05, 4.69) is 15.5 Å². The van der Waals surface area contributed by atoms with Crippen LogP contribution in [-0.2, 0) is 19.6 Å². The van der Waals surface area contributed by atoms with Gasteiger partial charge in [0.15, 0.2) is 23.9 Å². The highest BCUT2D eigenvalue weighted by atomic mass is 16.5. The molecule has 6 nitrogen and oxygen atoms in total. The van der Waals surface area contributed by atoms with E-state index >= 15 is 0 Å². The van der Waals surface area contributed by atoms with E-state index in [0.717, 1.165) is 18.5 Å². The van der Waals surface area contributed by atoms with E-state index in [1.54, 1.807) is 7.11 Å². The van der Waals surface area contributed by atoms with Gasteiger partial charge < -0.3 is 19.3 Å². The highest BCUT2D eigenvalue weighted by Gasteiger charge is 2.09. The number of aromatic nitrogens is 2. The first kappa shape index (κ1) is 14.3. The fourth-order valence-corrected chi connectivity index (χ4v) is 1.78. The molecule has 1 aromatic heterocycles. The topological polar surface area (TPSA) is 69.4 Å². The predicted molar refractivity (Wildman–Crippen MR) is 73.8 cm³/mol. The predicted octanol–water partition coefficient (Wildman–Crippen LogP) is 1.94. The van der Waals surface area contributed by atoms with Crippen LogP contribution in [0.2, 0.25) is 0 Å². The summed E-state index contributed by atoms with van der Waals surface area (Å²) < 4.78 is 16.1. The Bertz CT molecular complexity index is 554. The summed E-state index contributed by atoms with van der Waals surface area (Å²) in [5.41, 5.74) is 1.11. The van der Waals surface area contributed by atoms with Crippen LogP contribution in [0.15, 0.2) is 22.7 Å². The van der Waals surface area contributed by atoms with Gasteiger partial charge in [-0.05, 0) is 24.7 Å². The molecule has 20 heavy (non-hydrogen) atoms. The Morgan fingerprint density at radius 3 is 2.80 bits per heavy atom. The third-order valence-electron chi connectivity index (χ3n) is 2.79. The highest BCUT2D eigenvalue weighted by molar-refractivity contribution is 5.42. The minimum absolute atomic E-state index is 0.229. The van der Waals surface area contributed by atoms with Crippen molar-refractivity contribution in [2.24, 2.45) is 0 Å². The lowest BCUT2D eigenvalue weighted by Crippen LogP contribution is -2.06. The number of hydrogen-bond acceptors (Lipinski definition) is 6. The zero-order chi connectivity index (χ0) is 14.4. The third kappa shape index (κ3) is 3.48. The Morgan fingerprint density at radius 2 is 2.15 bits per heavy atom. The quantitative estimate of drug-likeness (QED) is 0.834. The van der Waals surface area contributed by atoms with Crippen molar-refractivity contribution < 1.29 is 14.0 Å². The molecule has 0 saturated carbocycles. The van der Waals surface area contributed by atoms with Gasteiger partial charge in [0.25, 0.3) is 5.89 Å². The van der Waals surface area contributed by atoms with Crippen molar-refractivity contribution in [3.63, 3.8) is 0 Å². The molecule has 0 aliphatic heterocycles. The lowest BCUT2D eigenvalue weighted by molar-refractivity contribution is 0.233. The zero-order valence-corrected chi connectivity index (χ0v) is 12.0. The van der Waals surface area contributed by atoms with Crippen LogP contribution in [0.1, 0.15) is 24.2 Å². The molecule has 2 aromatic rings. The van der Waals surface area contributed by atoms with Crippen molar-refractivity contribution in [1.29, 1.82) is 0 Å². The first-order valence-corrected chi connectivity index (χ1v) is 6.52. The largest absolute Gasteiger partial charge is 0.493 e. The molecule has 1 aromatic carbocycles. The summed E-state index contributed by atoms with van der Waals surface area (Å²) in [5.74, 6) is 2.49. The lowest BCUT2D eigenvalue weighted by atomic mass is 10.2. The second-order valence-electron chi connectivity index (χ2n) is 4.26. The maximum Gasteiger partial charge on any atom is 0.264 e. The molecule has 0 aliphatic rings. The van der Waals surface area contributed by atoms with E-state index in [0.29, 0.717) is 23.2 Å². The van der Waals surface area contributed by atoms with Gasteiger partial charge >= 0.3 is 0 Å². The summed E-state index contributed by atoms with van der Waals surface area (Å²) >= 11 is 0. The van der Waals surface area contributed by atoms with Crippen LogP contribution in [0.5, 0.6) is 11.5 Å². The minimum Gasteiger partial charge on any atom is -0.493 e. The van der Waals surface area contributed by atoms with E-state index < -0.39 is 0 Å². The Balaban J connectivity index is 2.08. The summed E-state index contributed by atoms with van der Waals surface area (Å²) in [5, 5.41) is 6.93. The van der Waals surface area contributed by atoms with E-state index in [4.69, 9.17) is 14.0 Å². The standard InChI is InChI=1S/C14H19N3O3/c1-4-13-16-14(20-17-13)9-19-12-7-10(8-15-2)5-6-11(12)18-3/h5-7,15H,4,8-9H2,1-3H3. The maximum atomic E-state index is 5.71. The summed E-state index contributed by atoms with van der Waals surface area (Å²) in [6.45, 7) is 2.97. The van der Waals surface area contributed by atoms with Gasteiger partial charge in [-0.1, -0.05) is 18.1 Å². The van der Waals surface area contributed by atoms with Crippen LogP contribution in [0.25, 0.3) is 0 Å². The molecule has 2 rings (SSSR count). The van der Waals surface area contributed by atoms with Crippen molar-refractivity contribution in [2.75, 3.05) is 14.2 Å². The second-order valence-corrected chi connectivity index (χ2v) is 4.26. The molecule has 0 radical (unpaired) electrons. The Hall–Kier alpha value is -2.08. The molecular formula is C14H19N3O3.